The van der Waals surface area contributed by atoms with Crippen molar-refractivity contribution >= 4 is 28.9 Å². The van der Waals surface area contributed by atoms with E-state index in [9.17, 15) is 31.5 Å². The lowest BCUT2D eigenvalue weighted by Gasteiger charge is -2.16. The monoisotopic (exact) mass is 551 g/mol. The smallest absolute Gasteiger partial charge is 0.397 e. The van der Waals surface area contributed by atoms with Crippen LogP contribution in [0.4, 0.5) is 39.0 Å². The molecule has 0 spiro atoms. The number of nitrogens with zero attached hydrogens (tertiary/aromatic N) is 1. The summed E-state index contributed by atoms with van der Waals surface area (Å²) >= 11 is 0. The molecule has 0 bridgehead atoms. The van der Waals surface area contributed by atoms with Gasteiger partial charge in [-0.1, -0.05) is 12.1 Å². The fourth-order valence-corrected chi connectivity index (χ4v) is 3.41. The highest BCUT2D eigenvalue weighted by Crippen LogP contribution is 2.37. The lowest BCUT2D eigenvalue weighted by Crippen LogP contribution is -2.26. The van der Waals surface area contributed by atoms with Gasteiger partial charge >= 0.3 is 6.18 Å². The summed E-state index contributed by atoms with van der Waals surface area (Å²) in [5.41, 5.74) is 4.27. The van der Waals surface area contributed by atoms with Crippen molar-refractivity contribution in [1.29, 1.82) is 0 Å². The molecule has 5 N–H and O–H groups in total. The summed E-state index contributed by atoms with van der Waals surface area (Å²) in [4.78, 5) is 27.8. The van der Waals surface area contributed by atoms with Gasteiger partial charge in [-0.05, 0) is 36.8 Å². The van der Waals surface area contributed by atoms with Crippen LogP contribution in [0, 0.1) is 11.6 Å². The van der Waals surface area contributed by atoms with Crippen LogP contribution in [0.15, 0.2) is 54.9 Å². The van der Waals surface area contributed by atoms with Gasteiger partial charge < -0.3 is 26.4 Å². The van der Waals surface area contributed by atoms with Gasteiger partial charge in [0.05, 0.1) is 29.1 Å². The van der Waals surface area contributed by atoms with Gasteiger partial charge in [0, 0.05) is 49.8 Å². The van der Waals surface area contributed by atoms with Crippen LogP contribution in [0.25, 0.3) is 0 Å². The van der Waals surface area contributed by atoms with E-state index in [1.54, 1.807) is 0 Å². The number of ether oxygens (including phenoxy) is 1. The van der Waals surface area contributed by atoms with Gasteiger partial charge in [-0.2, -0.15) is 13.2 Å². The number of nitrogen functional groups attached to an aromatic ring is 1. The Bertz CT molecular complexity index is 1300. The first-order valence-corrected chi connectivity index (χ1v) is 11.8. The first-order valence-electron chi connectivity index (χ1n) is 11.8. The molecule has 3 rings (SSSR count). The van der Waals surface area contributed by atoms with Crippen LogP contribution in [0.1, 0.15) is 34.3 Å². The van der Waals surface area contributed by atoms with Crippen molar-refractivity contribution in [2.24, 2.45) is 0 Å². The third-order valence-corrected chi connectivity index (χ3v) is 5.36. The molecule has 13 heteroatoms. The van der Waals surface area contributed by atoms with Gasteiger partial charge in [0.2, 0.25) is 5.91 Å². The van der Waals surface area contributed by atoms with Crippen molar-refractivity contribution in [3.8, 4) is 0 Å². The fraction of sp³-hybridized carbons (Fsp3) is 0.269. The molecule has 0 unspecified atom stereocenters. The number of nitrogens with one attached hydrogen (secondary N) is 3. The van der Waals surface area contributed by atoms with Crippen molar-refractivity contribution < 1.29 is 36.3 Å². The molecule has 3 aromatic rings. The molecule has 0 saturated heterocycles. The topological polar surface area (TPSA) is 118 Å². The van der Waals surface area contributed by atoms with E-state index in [1.165, 1.54) is 30.6 Å². The zero-order chi connectivity index (χ0) is 28.4. The van der Waals surface area contributed by atoms with Gasteiger partial charge in [-0.3, -0.25) is 14.6 Å². The van der Waals surface area contributed by atoms with Gasteiger partial charge in [0.15, 0.2) is 0 Å². The number of pyridine rings is 1. The summed E-state index contributed by atoms with van der Waals surface area (Å²) in [5, 5.41) is 7.50. The van der Waals surface area contributed by atoms with Gasteiger partial charge in [0.1, 0.15) is 11.6 Å². The van der Waals surface area contributed by atoms with Crippen molar-refractivity contribution in [3.05, 3.63) is 83.2 Å². The number of aromatic nitrogens is 1. The SMILES string of the molecule is Nc1cncc(C(=O)NCCCOCCC(=O)NCc2ccc(Nc3c(F)cccc3C(F)(F)F)cc2F)c1. The Labute approximate surface area is 220 Å². The number of hydrogen-bond donors (Lipinski definition) is 4. The number of benzene rings is 2. The van der Waals surface area contributed by atoms with E-state index in [0.29, 0.717) is 36.9 Å². The number of carbonyl (C=O) groups is 2. The maximum Gasteiger partial charge on any atom is 0.418 e. The van der Waals surface area contributed by atoms with Gasteiger partial charge in [-0.25, -0.2) is 8.78 Å². The second kappa shape index (κ2) is 13.5. The number of carbonyl (C=O) groups excluding carboxylic acids is 2. The Morgan fingerprint density at radius 3 is 2.49 bits per heavy atom. The maximum atomic E-state index is 14.5. The average Bonchev–Trinajstić information content (AvgIpc) is 2.88. The molecule has 0 saturated carbocycles. The molecule has 0 fully saturated rings. The Balaban J connectivity index is 1.37. The molecule has 1 heterocycles. The highest BCUT2D eigenvalue weighted by molar-refractivity contribution is 5.94. The number of halogens is 5. The third kappa shape index (κ3) is 8.92. The number of alkyl halides is 3. The number of anilines is 3. The van der Waals surface area contributed by atoms with Crippen LogP contribution in [0.2, 0.25) is 0 Å². The summed E-state index contributed by atoms with van der Waals surface area (Å²) < 4.78 is 73.4. The van der Waals surface area contributed by atoms with E-state index in [1.807, 2.05) is 0 Å². The Morgan fingerprint density at radius 2 is 1.77 bits per heavy atom. The largest absolute Gasteiger partial charge is 0.418 e. The Hall–Kier alpha value is -4.26. The van der Waals surface area contributed by atoms with Crippen LogP contribution >= 0.6 is 0 Å². The molecular weight excluding hydrogens is 525 g/mol. The van der Waals surface area contributed by atoms with Crippen LogP contribution < -0.4 is 21.7 Å². The molecule has 208 valence electrons. The summed E-state index contributed by atoms with van der Waals surface area (Å²) in [7, 11) is 0. The number of amides is 2. The lowest BCUT2D eigenvalue weighted by molar-refractivity contribution is -0.137. The van der Waals surface area contributed by atoms with E-state index in [0.717, 1.165) is 18.2 Å². The molecule has 0 aliphatic rings. The minimum absolute atomic E-state index is 0.0100. The Kier molecular flexibility index (Phi) is 10.1. The molecule has 2 aromatic carbocycles. The zero-order valence-electron chi connectivity index (χ0n) is 20.6. The zero-order valence-corrected chi connectivity index (χ0v) is 20.6. The first kappa shape index (κ1) is 29.3. The predicted octanol–water partition coefficient (Wildman–Crippen LogP) is 4.55. The molecule has 0 aliphatic heterocycles. The normalized spacial score (nSPS) is 11.2. The number of nitrogens with two attached hydrogens (primary N) is 1. The molecule has 0 radical (unpaired) electrons. The maximum absolute atomic E-state index is 14.5. The van der Waals surface area contributed by atoms with Crippen LogP contribution in [-0.4, -0.2) is 36.6 Å². The van der Waals surface area contributed by atoms with E-state index < -0.39 is 35.0 Å². The predicted molar refractivity (Wildman–Crippen MR) is 134 cm³/mol. The van der Waals surface area contributed by atoms with Crippen LogP contribution in [0.5, 0.6) is 0 Å². The molecule has 0 aliphatic carbocycles. The van der Waals surface area contributed by atoms with Gasteiger partial charge in [0.25, 0.3) is 5.91 Å². The fourth-order valence-electron chi connectivity index (χ4n) is 3.41. The molecule has 8 nitrogen and oxygen atoms in total. The van der Waals surface area contributed by atoms with Gasteiger partial charge in [-0.15, -0.1) is 0 Å². The van der Waals surface area contributed by atoms with Crippen LogP contribution in [-0.2, 0) is 22.3 Å². The van der Waals surface area contributed by atoms with Crippen molar-refractivity contribution in [2.75, 3.05) is 30.8 Å². The highest BCUT2D eigenvalue weighted by atomic mass is 19.4. The molecule has 39 heavy (non-hydrogen) atoms. The Morgan fingerprint density at radius 1 is 0.974 bits per heavy atom. The molecule has 2 amide bonds. The average molecular weight is 552 g/mol. The van der Waals surface area contributed by atoms with E-state index in [4.69, 9.17) is 10.5 Å². The number of para-hydroxylation sites is 1. The molecule has 0 atom stereocenters. The highest BCUT2D eigenvalue weighted by Gasteiger charge is 2.34. The number of rotatable bonds is 12. The van der Waals surface area contributed by atoms with Crippen molar-refractivity contribution in [3.63, 3.8) is 0 Å². The molecular formula is C26H26F5N5O3. The van der Waals surface area contributed by atoms with E-state index in [2.05, 4.69) is 20.9 Å². The summed E-state index contributed by atoms with van der Waals surface area (Å²) in [6.45, 7) is 0.583. The quantitative estimate of drug-likeness (QED) is 0.194. The van der Waals surface area contributed by atoms with Crippen LogP contribution in [0.3, 0.4) is 0 Å². The van der Waals surface area contributed by atoms with E-state index in [-0.39, 0.29) is 36.7 Å². The van der Waals surface area contributed by atoms with Crippen molar-refractivity contribution in [2.45, 2.75) is 25.6 Å². The molecule has 1 aromatic heterocycles. The lowest BCUT2D eigenvalue weighted by atomic mass is 10.1. The first-order chi connectivity index (χ1) is 18.5. The van der Waals surface area contributed by atoms with E-state index >= 15 is 0 Å². The standard InChI is InChI=1S/C26H26F5N5O3/c27-21-4-1-3-20(26(29,30)31)24(21)36-19-6-5-16(22(28)12-19)14-35-23(37)7-10-39-9-2-8-34-25(38)17-11-18(32)15-33-13-17/h1,3-6,11-13,15,36H,2,7-10,14,32H2,(H,34,38)(H,35,37). The summed E-state index contributed by atoms with van der Waals surface area (Å²) in [6, 6.07) is 7.49. The summed E-state index contributed by atoms with van der Waals surface area (Å²) in [6.07, 6.45) is -1.46. The van der Waals surface area contributed by atoms with Crippen molar-refractivity contribution in [1.82, 2.24) is 15.6 Å². The third-order valence-electron chi connectivity index (χ3n) is 5.36. The minimum atomic E-state index is -4.80. The summed E-state index contributed by atoms with van der Waals surface area (Å²) in [5.74, 6) is -2.65. The minimum Gasteiger partial charge on any atom is -0.397 e. The second-order valence-electron chi connectivity index (χ2n) is 8.35. The second-order valence-corrected chi connectivity index (χ2v) is 8.35. The number of hydrogen-bond acceptors (Lipinski definition) is 6.